The minimum absolute atomic E-state index is 0.137. The number of carbonyl (C=O) groups is 1. The number of benzene rings is 2. The number of nitrogens with zero attached hydrogens (tertiary/aromatic N) is 1. The summed E-state index contributed by atoms with van der Waals surface area (Å²) in [6, 6.07) is 13.7. The first kappa shape index (κ1) is 21.6. The lowest BCUT2D eigenvalue weighted by Gasteiger charge is -2.14. The molecular formula is C25H28BrN3O2. The van der Waals surface area contributed by atoms with Gasteiger partial charge in [0, 0.05) is 27.0 Å². The normalized spacial score (nSPS) is 18.2. The Morgan fingerprint density at radius 1 is 0.968 bits per heavy atom. The van der Waals surface area contributed by atoms with Crippen LogP contribution in [0.2, 0.25) is 0 Å². The van der Waals surface area contributed by atoms with Crippen LogP contribution in [0.5, 0.6) is 0 Å². The number of amides is 1. The van der Waals surface area contributed by atoms with E-state index in [4.69, 9.17) is 4.84 Å². The van der Waals surface area contributed by atoms with Crippen LogP contribution in [0.4, 0.5) is 11.4 Å². The van der Waals surface area contributed by atoms with Gasteiger partial charge in [-0.3, -0.25) is 4.79 Å². The topological polar surface area (TPSA) is 62.7 Å². The lowest BCUT2D eigenvalue weighted by molar-refractivity contribution is -0.110. The van der Waals surface area contributed by atoms with Gasteiger partial charge in [0.2, 0.25) is 0 Å². The third-order valence-electron chi connectivity index (χ3n) is 5.82. The van der Waals surface area contributed by atoms with Gasteiger partial charge in [-0.1, -0.05) is 78.8 Å². The number of hydrogen-bond acceptors (Lipinski definition) is 4. The smallest absolute Gasteiger partial charge is 0.258 e. The van der Waals surface area contributed by atoms with Crippen LogP contribution in [-0.4, -0.2) is 18.2 Å². The highest BCUT2D eigenvalue weighted by Gasteiger charge is 2.34. The van der Waals surface area contributed by atoms with Crippen molar-refractivity contribution in [1.82, 2.24) is 0 Å². The fourth-order valence-corrected chi connectivity index (χ4v) is 4.73. The van der Waals surface area contributed by atoms with Crippen LogP contribution < -0.4 is 10.6 Å². The van der Waals surface area contributed by atoms with Crippen molar-refractivity contribution in [3.8, 4) is 0 Å². The molecule has 0 saturated carbocycles. The van der Waals surface area contributed by atoms with Gasteiger partial charge in [-0.05, 0) is 36.6 Å². The summed E-state index contributed by atoms with van der Waals surface area (Å²) in [5.74, 6) is 0.536. The number of carbonyl (C=O) groups excluding carboxylic acids is 1. The summed E-state index contributed by atoms with van der Waals surface area (Å²) >= 11 is 3.52. The summed E-state index contributed by atoms with van der Waals surface area (Å²) in [5.41, 5.74) is 5.48. The van der Waals surface area contributed by atoms with Crippen LogP contribution in [0, 0.1) is 5.92 Å². The van der Waals surface area contributed by atoms with Crippen LogP contribution in [0.3, 0.4) is 0 Å². The van der Waals surface area contributed by atoms with E-state index >= 15 is 0 Å². The third kappa shape index (κ3) is 4.54. The van der Waals surface area contributed by atoms with Crippen LogP contribution in [0.1, 0.15) is 57.1 Å². The van der Waals surface area contributed by atoms with E-state index in [9.17, 15) is 4.79 Å². The van der Waals surface area contributed by atoms with Gasteiger partial charge in [-0.15, -0.1) is 0 Å². The number of halogens is 1. The number of allylic oxidation sites excluding steroid dienone is 1. The lowest BCUT2D eigenvalue weighted by atomic mass is 9.95. The molecule has 162 valence electrons. The van der Waals surface area contributed by atoms with Crippen molar-refractivity contribution in [2.24, 2.45) is 11.1 Å². The summed E-state index contributed by atoms with van der Waals surface area (Å²) in [6.07, 6.45) is 5.82. The molecule has 0 bridgehead atoms. The molecule has 1 amide bonds. The van der Waals surface area contributed by atoms with Gasteiger partial charge in [0.25, 0.3) is 5.91 Å². The standard InChI is InChI=1S/C25H28BrN3O2/c1-3-7-16(8-4-2)13-14-31-29-23-18-9-5-6-10-20(18)27-24(23)22-19-15-17(26)11-12-21(19)28-25(22)30/h5-6,9-12,15-16,27H,3-4,7-8,13-14H2,1-2H3,(H,28,30)/b24-22-,29-23+. The molecule has 2 aliphatic heterocycles. The van der Waals surface area contributed by atoms with E-state index in [1.54, 1.807) is 0 Å². The second-order valence-electron chi connectivity index (χ2n) is 8.07. The maximum atomic E-state index is 12.9. The molecule has 2 heterocycles. The van der Waals surface area contributed by atoms with Crippen molar-refractivity contribution < 1.29 is 9.63 Å². The van der Waals surface area contributed by atoms with E-state index in [1.807, 2.05) is 42.5 Å². The van der Waals surface area contributed by atoms with Gasteiger partial charge in [0.05, 0.1) is 11.3 Å². The first-order valence-electron chi connectivity index (χ1n) is 11.0. The van der Waals surface area contributed by atoms with Crippen molar-refractivity contribution in [3.05, 3.63) is 63.8 Å². The molecule has 2 aromatic carbocycles. The van der Waals surface area contributed by atoms with E-state index in [2.05, 4.69) is 45.6 Å². The Bertz CT molecular complexity index is 1040. The Kier molecular flexibility index (Phi) is 6.76. The summed E-state index contributed by atoms with van der Waals surface area (Å²) in [7, 11) is 0. The van der Waals surface area contributed by atoms with Crippen LogP contribution in [-0.2, 0) is 9.63 Å². The second-order valence-corrected chi connectivity index (χ2v) is 8.99. The average Bonchev–Trinajstić information content (AvgIpc) is 3.27. The first-order valence-corrected chi connectivity index (χ1v) is 11.8. The van der Waals surface area contributed by atoms with E-state index in [1.165, 1.54) is 25.7 Å². The van der Waals surface area contributed by atoms with Gasteiger partial charge < -0.3 is 15.5 Å². The molecule has 6 heteroatoms. The van der Waals surface area contributed by atoms with Crippen LogP contribution in [0.25, 0.3) is 5.57 Å². The van der Waals surface area contributed by atoms with Gasteiger partial charge in [-0.2, -0.15) is 0 Å². The number of oxime groups is 1. The van der Waals surface area contributed by atoms with E-state index < -0.39 is 0 Å². The summed E-state index contributed by atoms with van der Waals surface area (Å²) in [4.78, 5) is 18.7. The largest absolute Gasteiger partial charge is 0.395 e. The number of fused-ring (bicyclic) bond motifs is 2. The average molecular weight is 482 g/mol. The molecule has 4 rings (SSSR count). The Morgan fingerprint density at radius 3 is 2.48 bits per heavy atom. The van der Waals surface area contributed by atoms with Crippen molar-refractivity contribution in [2.75, 3.05) is 17.2 Å². The van der Waals surface area contributed by atoms with Gasteiger partial charge in [0.1, 0.15) is 12.3 Å². The van der Waals surface area contributed by atoms with Gasteiger partial charge >= 0.3 is 0 Å². The number of anilines is 2. The predicted molar refractivity (Wildman–Crippen MR) is 130 cm³/mol. The summed E-state index contributed by atoms with van der Waals surface area (Å²) < 4.78 is 0.920. The summed E-state index contributed by atoms with van der Waals surface area (Å²) in [5, 5.41) is 10.9. The molecule has 5 nitrogen and oxygen atoms in total. The Morgan fingerprint density at radius 2 is 1.71 bits per heavy atom. The monoisotopic (exact) mass is 481 g/mol. The molecule has 0 atom stereocenters. The minimum atomic E-state index is -0.137. The molecule has 0 aromatic heterocycles. The van der Waals surface area contributed by atoms with Crippen molar-refractivity contribution in [1.29, 1.82) is 0 Å². The first-order chi connectivity index (χ1) is 15.1. The fraction of sp³-hybridized carbons (Fsp3) is 0.360. The van der Waals surface area contributed by atoms with E-state index in [0.29, 0.717) is 29.5 Å². The predicted octanol–water partition coefficient (Wildman–Crippen LogP) is 6.57. The molecule has 0 radical (unpaired) electrons. The minimum Gasteiger partial charge on any atom is -0.395 e. The van der Waals surface area contributed by atoms with E-state index in [0.717, 1.165) is 33.4 Å². The number of para-hydroxylation sites is 1. The third-order valence-corrected chi connectivity index (χ3v) is 6.32. The van der Waals surface area contributed by atoms with Crippen molar-refractivity contribution in [3.63, 3.8) is 0 Å². The maximum Gasteiger partial charge on any atom is 0.258 e. The molecule has 31 heavy (non-hydrogen) atoms. The zero-order valence-electron chi connectivity index (χ0n) is 18.0. The molecule has 0 saturated heterocycles. The second kappa shape index (κ2) is 9.69. The van der Waals surface area contributed by atoms with Crippen molar-refractivity contribution in [2.45, 2.75) is 46.0 Å². The molecular weight excluding hydrogens is 454 g/mol. The molecule has 0 unspecified atom stereocenters. The zero-order chi connectivity index (χ0) is 21.8. The maximum absolute atomic E-state index is 12.9. The highest BCUT2D eigenvalue weighted by molar-refractivity contribution is 9.10. The molecule has 0 spiro atoms. The summed E-state index contributed by atoms with van der Waals surface area (Å²) in [6.45, 7) is 5.03. The van der Waals surface area contributed by atoms with Crippen molar-refractivity contribution >= 4 is 44.5 Å². The Hall–Kier alpha value is -2.60. The number of nitrogens with one attached hydrogen (secondary N) is 2. The zero-order valence-corrected chi connectivity index (χ0v) is 19.6. The lowest BCUT2D eigenvalue weighted by Crippen LogP contribution is -2.13. The molecule has 2 aliphatic rings. The molecule has 2 aromatic rings. The SMILES string of the molecule is CCCC(CCC)CCO/N=C1/C(=C2/C(=O)Nc3ccc(Br)cc32)Nc2ccccc21. The molecule has 0 aliphatic carbocycles. The van der Waals surface area contributed by atoms with Gasteiger partial charge in [0.15, 0.2) is 0 Å². The fourth-order valence-electron chi connectivity index (χ4n) is 4.37. The Labute approximate surface area is 192 Å². The highest BCUT2D eigenvalue weighted by Crippen LogP contribution is 2.40. The molecule has 2 N–H and O–H groups in total. The number of rotatable bonds is 8. The quantitative estimate of drug-likeness (QED) is 0.254. The van der Waals surface area contributed by atoms with Crippen LogP contribution in [0.15, 0.2) is 57.8 Å². The van der Waals surface area contributed by atoms with Crippen LogP contribution >= 0.6 is 15.9 Å². The van der Waals surface area contributed by atoms with Gasteiger partial charge in [-0.25, -0.2) is 0 Å². The molecule has 0 fully saturated rings. The highest BCUT2D eigenvalue weighted by atomic mass is 79.9. The number of hydrogen-bond donors (Lipinski definition) is 2. The Balaban J connectivity index is 1.65. The van der Waals surface area contributed by atoms with E-state index in [-0.39, 0.29) is 5.91 Å².